The lowest BCUT2D eigenvalue weighted by molar-refractivity contribution is 0.399. The summed E-state index contributed by atoms with van der Waals surface area (Å²) >= 11 is 0. The Morgan fingerprint density at radius 2 is 1.75 bits per heavy atom. The molecule has 2 N–H and O–H groups in total. The van der Waals surface area contributed by atoms with Crippen molar-refractivity contribution in [3.05, 3.63) is 72.1 Å². The first kappa shape index (κ1) is 21.3. The normalized spacial score (nSPS) is 11.2. The minimum absolute atomic E-state index is 0.0896. The third-order valence-corrected chi connectivity index (χ3v) is 6.20. The summed E-state index contributed by atoms with van der Waals surface area (Å²) < 4.78 is 38.1. The highest BCUT2D eigenvalue weighted by Gasteiger charge is 2.19. The first-order chi connectivity index (χ1) is 15.4. The molecule has 0 bridgehead atoms. The summed E-state index contributed by atoms with van der Waals surface area (Å²) in [5.41, 5.74) is 2.81. The third-order valence-electron chi connectivity index (χ3n) is 4.85. The molecule has 4 aromatic rings. The molecule has 0 unspecified atom stereocenters. The van der Waals surface area contributed by atoms with Crippen LogP contribution in [0.25, 0.3) is 11.3 Å². The average Bonchev–Trinajstić information content (AvgIpc) is 3.11. The zero-order valence-electron chi connectivity index (χ0n) is 17.7. The number of ether oxygens (including phenoxy) is 1. The zero-order valence-corrected chi connectivity index (χ0v) is 18.5. The van der Waals surface area contributed by atoms with E-state index in [0.29, 0.717) is 34.4 Å². The molecular formula is C22H21N5O4S. The minimum atomic E-state index is -3.81. The van der Waals surface area contributed by atoms with Gasteiger partial charge in [0.25, 0.3) is 10.0 Å². The molecule has 32 heavy (non-hydrogen) atoms. The number of rotatable bonds is 7. The summed E-state index contributed by atoms with van der Waals surface area (Å²) in [7, 11) is -2.20. The lowest BCUT2D eigenvalue weighted by atomic mass is 10.1. The Morgan fingerprint density at radius 3 is 2.44 bits per heavy atom. The number of benzene rings is 2. The molecule has 4 rings (SSSR count). The van der Waals surface area contributed by atoms with Crippen molar-refractivity contribution in [1.82, 2.24) is 15.1 Å². The van der Waals surface area contributed by atoms with Crippen LogP contribution < -0.4 is 14.8 Å². The summed E-state index contributed by atoms with van der Waals surface area (Å²) in [6.07, 6.45) is 1.64. The number of aromatic nitrogens is 3. The molecule has 0 spiro atoms. The number of hydrogen-bond donors (Lipinski definition) is 2. The largest absolute Gasteiger partial charge is 0.496 e. The molecule has 0 radical (unpaired) electrons. The van der Waals surface area contributed by atoms with Crippen LogP contribution in [-0.2, 0) is 10.0 Å². The Bertz CT molecular complexity index is 1350. The second kappa shape index (κ2) is 8.67. The van der Waals surface area contributed by atoms with Crippen LogP contribution in [0.5, 0.6) is 5.75 Å². The molecule has 0 atom stereocenters. The van der Waals surface area contributed by atoms with Crippen LogP contribution in [0.1, 0.15) is 11.3 Å². The molecule has 0 amide bonds. The molecule has 0 saturated heterocycles. The molecule has 0 aliphatic heterocycles. The highest BCUT2D eigenvalue weighted by atomic mass is 32.2. The van der Waals surface area contributed by atoms with Crippen LogP contribution >= 0.6 is 0 Å². The smallest absolute Gasteiger partial charge is 0.263 e. The van der Waals surface area contributed by atoms with Crippen molar-refractivity contribution in [2.75, 3.05) is 17.1 Å². The van der Waals surface area contributed by atoms with E-state index < -0.39 is 10.0 Å². The Balaban J connectivity index is 1.52. The van der Waals surface area contributed by atoms with Crippen LogP contribution in [0.4, 0.5) is 17.5 Å². The summed E-state index contributed by atoms with van der Waals surface area (Å²) in [6.45, 7) is 3.45. The maximum absolute atomic E-state index is 12.6. The van der Waals surface area contributed by atoms with Gasteiger partial charge in [-0.3, -0.25) is 4.72 Å². The third kappa shape index (κ3) is 4.40. The van der Waals surface area contributed by atoms with Gasteiger partial charge in [-0.2, -0.15) is 0 Å². The summed E-state index contributed by atoms with van der Waals surface area (Å²) in [4.78, 5) is 8.87. The maximum Gasteiger partial charge on any atom is 0.263 e. The van der Waals surface area contributed by atoms with Crippen molar-refractivity contribution in [2.24, 2.45) is 0 Å². The van der Waals surface area contributed by atoms with Gasteiger partial charge in [0.1, 0.15) is 11.5 Å². The second-order valence-electron chi connectivity index (χ2n) is 6.93. The summed E-state index contributed by atoms with van der Waals surface area (Å²) in [5.74, 6) is 1.80. The van der Waals surface area contributed by atoms with E-state index in [4.69, 9.17) is 9.26 Å². The quantitative estimate of drug-likeness (QED) is 0.427. The summed E-state index contributed by atoms with van der Waals surface area (Å²) in [5, 5.41) is 6.83. The van der Waals surface area contributed by atoms with Gasteiger partial charge in [-0.15, -0.1) is 0 Å². The Hall–Kier alpha value is -3.92. The molecule has 0 saturated carbocycles. The molecular weight excluding hydrogens is 430 g/mol. The lowest BCUT2D eigenvalue weighted by Crippen LogP contribution is -2.13. The molecule has 0 fully saturated rings. The van der Waals surface area contributed by atoms with Crippen molar-refractivity contribution >= 4 is 27.5 Å². The SMILES string of the molecule is COc1ccccc1-c1ccnc(Nc2ccc(S(=O)(=O)Nc3noc(C)c3C)cc2)n1. The molecule has 2 aromatic carbocycles. The van der Waals surface area contributed by atoms with Gasteiger partial charge in [-0.05, 0) is 56.3 Å². The fourth-order valence-electron chi connectivity index (χ4n) is 2.97. The molecule has 164 valence electrons. The number of nitrogens with one attached hydrogen (secondary N) is 2. The van der Waals surface area contributed by atoms with Gasteiger partial charge in [0.15, 0.2) is 5.82 Å². The fraction of sp³-hybridized carbons (Fsp3) is 0.136. The Kier molecular flexibility index (Phi) is 5.78. The monoisotopic (exact) mass is 451 g/mol. The topological polar surface area (TPSA) is 119 Å². The maximum atomic E-state index is 12.6. The Labute approximate surface area is 185 Å². The van der Waals surface area contributed by atoms with Crippen molar-refractivity contribution in [3.63, 3.8) is 0 Å². The molecule has 2 heterocycles. The predicted molar refractivity (Wildman–Crippen MR) is 121 cm³/mol. The molecule has 9 nitrogen and oxygen atoms in total. The van der Waals surface area contributed by atoms with E-state index in [-0.39, 0.29) is 10.7 Å². The van der Waals surface area contributed by atoms with E-state index in [9.17, 15) is 8.42 Å². The number of sulfonamides is 1. The number of anilines is 3. The molecule has 0 aliphatic carbocycles. The highest BCUT2D eigenvalue weighted by Crippen LogP contribution is 2.29. The predicted octanol–water partition coefficient (Wildman–Crippen LogP) is 4.30. The van der Waals surface area contributed by atoms with Gasteiger partial charge < -0.3 is 14.6 Å². The minimum Gasteiger partial charge on any atom is -0.496 e. The van der Waals surface area contributed by atoms with E-state index in [1.807, 2.05) is 24.3 Å². The summed E-state index contributed by atoms with van der Waals surface area (Å²) in [6, 6.07) is 15.6. The van der Waals surface area contributed by atoms with Crippen molar-refractivity contribution in [1.29, 1.82) is 0 Å². The van der Waals surface area contributed by atoms with Gasteiger partial charge in [0, 0.05) is 23.0 Å². The number of para-hydroxylation sites is 1. The van der Waals surface area contributed by atoms with Gasteiger partial charge in [-0.25, -0.2) is 18.4 Å². The number of methoxy groups -OCH3 is 1. The molecule has 0 aliphatic rings. The first-order valence-electron chi connectivity index (χ1n) is 9.66. The van der Waals surface area contributed by atoms with Crippen molar-refractivity contribution in [2.45, 2.75) is 18.7 Å². The Morgan fingerprint density at radius 1 is 1.00 bits per heavy atom. The van der Waals surface area contributed by atoms with Crippen molar-refractivity contribution < 1.29 is 17.7 Å². The van der Waals surface area contributed by atoms with E-state index >= 15 is 0 Å². The van der Waals surface area contributed by atoms with Crippen LogP contribution in [0.15, 0.2) is 70.2 Å². The number of aryl methyl sites for hydroxylation is 1. The van der Waals surface area contributed by atoms with Crippen LogP contribution in [0.3, 0.4) is 0 Å². The first-order valence-corrected chi connectivity index (χ1v) is 11.1. The average molecular weight is 452 g/mol. The number of nitrogens with zero attached hydrogens (tertiary/aromatic N) is 3. The van der Waals surface area contributed by atoms with Crippen molar-refractivity contribution in [3.8, 4) is 17.0 Å². The molecule has 2 aromatic heterocycles. The van der Waals surface area contributed by atoms with Crippen LogP contribution in [0.2, 0.25) is 0 Å². The standard InChI is InChI=1S/C22H21N5O4S/c1-14-15(2)31-26-21(14)27-32(28,29)17-10-8-16(9-11-17)24-22-23-13-12-19(25-22)18-6-4-5-7-20(18)30-3/h4-13H,1-3H3,(H,26,27)(H,23,24,25). The van der Waals surface area contributed by atoms with Gasteiger partial charge in [-0.1, -0.05) is 17.3 Å². The number of hydrogen-bond acceptors (Lipinski definition) is 8. The van der Waals surface area contributed by atoms with E-state index in [1.54, 1.807) is 45.4 Å². The van der Waals surface area contributed by atoms with E-state index in [1.165, 1.54) is 12.1 Å². The van der Waals surface area contributed by atoms with E-state index in [0.717, 1.165) is 5.56 Å². The fourth-order valence-corrected chi connectivity index (χ4v) is 4.03. The van der Waals surface area contributed by atoms with Gasteiger partial charge >= 0.3 is 0 Å². The van der Waals surface area contributed by atoms with Crippen LogP contribution in [0, 0.1) is 13.8 Å². The highest BCUT2D eigenvalue weighted by molar-refractivity contribution is 7.92. The second-order valence-corrected chi connectivity index (χ2v) is 8.62. The van der Waals surface area contributed by atoms with Gasteiger partial charge in [0.05, 0.1) is 17.7 Å². The van der Waals surface area contributed by atoms with E-state index in [2.05, 4.69) is 25.2 Å². The molecule has 10 heteroatoms. The lowest BCUT2D eigenvalue weighted by Gasteiger charge is -2.10. The van der Waals surface area contributed by atoms with Gasteiger partial charge in [0.2, 0.25) is 5.95 Å². The van der Waals surface area contributed by atoms with Crippen LogP contribution in [-0.4, -0.2) is 30.7 Å². The zero-order chi connectivity index (χ0) is 22.7.